The molecule has 0 aromatic carbocycles. The van der Waals surface area contributed by atoms with Crippen molar-refractivity contribution in [1.82, 2.24) is 4.90 Å². The van der Waals surface area contributed by atoms with Gasteiger partial charge in [0.15, 0.2) is 0 Å². The van der Waals surface area contributed by atoms with E-state index in [2.05, 4.69) is 6.92 Å². The number of unbranched alkanes of at least 4 members (excludes halogenated alkanes) is 9. The van der Waals surface area contributed by atoms with E-state index in [1.165, 1.54) is 64.2 Å². The summed E-state index contributed by atoms with van der Waals surface area (Å²) < 4.78 is 0. The zero-order valence-electron chi connectivity index (χ0n) is 17.2. The Morgan fingerprint density at radius 3 is 1.68 bits per heavy atom. The van der Waals surface area contributed by atoms with Gasteiger partial charge in [-0.15, -0.1) is 0 Å². The van der Waals surface area contributed by atoms with Crippen molar-refractivity contribution < 1.29 is 15.0 Å². The van der Waals surface area contributed by atoms with Gasteiger partial charge in [0.1, 0.15) is 5.54 Å². The summed E-state index contributed by atoms with van der Waals surface area (Å²) in [5, 5.41) is 17.5. The SMILES string of the molecule is CCCCCCCCCCCCN.CN(C)C(C)(CCCO)C(=O)O. The van der Waals surface area contributed by atoms with Gasteiger partial charge >= 0.3 is 5.97 Å². The summed E-state index contributed by atoms with van der Waals surface area (Å²) in [5.74, 6) is -0.846. The van der Waals surface area contributed by atoms with Crippen LogP contribution in [0.2, 0.25) is 0 Å². The number of likely N-dealkylation sites (N-methyl/N-ethyl adjacent to an activating group) is 1. The van der Waals surface area contributed by atoms with Gasteiger partial charge in [0, 0.05) is 6.61 Å². The molecule has 152 valence electrons. The van der Waals surface area contributed by atoms with E-state index in [0.29, 0.717) is 12.8 Å². The van der Waals surface area contributed by atoms with E-state index in [4.69, 9.17) is 15.9 Å². The molecule has 1 atom stereocenters. The summed E-state index contributed by atoms with van der Waals surface area (Å²) in [7, 11) is 3.46. The molecule has 5 heteroatoms. The molecule has 25 heavy (non-hydrogen) atoms. The summed E-state index contributed by atoms with van der Waals surface area (Å²) in [4.78, 5) is 12.5. The average molecular weight is 361 g/mol. The molecule has 0 bridgehead atoms. The number of hydrogen-bond donors (Lipinski definition) is 3. The number of aliphatic hydroxyl groups is 1. The lowest BCUT2D eigenvalue weighted by Crippen LogP contribution is -2.48. The maximum atomic E-state index is 10.8. The first-order valence-corrected chi connectivity index (χ1v) is 10.1. The standard InChI is InChI=1S/C12H27N.C8H17NO3/c1-2-3-4-5-6-7-8-9-10-11-12-13;1-8(7(11)12,9(2)3)5-4-6-10/h2-13H2,1H3;10H,4-6H2,1-3H3,(H,11,12). The quantitative estimate of drug-likeness (QED) is 0.384. The highest BCUT2D eigenvalue weighted by molar-refractivity contribution is 5.78. The topological polar surface area (TPSA) is 86.8 Å². The Morgan fingerprint density at radius 2 is 1.36 bits per heavy atom. The fraction of sp³-hybridized carbons (Fsp3) is 0.950. The molecule has 0 saturated heterocycles. The molecular formula is C20H44N2O3. The van der Waals surface area contributed by atoms with E-state index in [9.17, 15) is 4.79 Å². The molecular weight excluding hydrogens is 316 g/mol. The molecule has 0 aromatic rings. The summed E-state index contributed by atoms with van der Waals surface area (Å²) >= 11 is 0. The van der Waals surface area contributed by atoms with Crippen molar-refractivity contribution in [2.45, 2.75) is 96.4 Å². The molecule has 0 rings (SSSR count). The van der Waals surface area contributed by atoms with E-state index in [-0.39, 0.29) is 6.61 Å². The van der Waals surface area contributed by atoms with Gasteiger partial charge in [0.2, 0.25) is 0 Å². The molecule has 0 aliphatic carbocycles. The Labute approximate surface area is 156 Å². The number of carboxylic acids is 1. The Balaban J connectivity index is 0. The lowest BCUT2D eigenvalue weighted by molar-refractivity contribution is -0.149. The van der Waals surface area contributed by atoms with Crippen LogP contribution in [0.1, 0.15) is 90.9 Å². The third-order valence-electron chi connectivity index (χ3n) is 4.83. The molecule has 0 fully saturated rings. The second kappa shape index (κ2) is 18.2. The first-order chi connectivity index (χ1) is 11.9. The van der Waals surface area contributed by atoms with Gasteiger partial charge in [0.25, 0.3) is 0 Å². The third kappa shape index (κ3) is 15.3. The first kappa shape index (κ1) is 26.6. The van der Waals surface area contributed by atoms with Crippen molar-refractivity contribution in [3.8, 4) is 0 Å². The minimum Gasteiger partial charge on any atom is -0.480 e. The molecule has 0 saturated carbocycles. The van der Waals surface area contributed by atoms with Crippen LogP contribution >= 0.6 is 0 Å². The minimum atomic E-state index is -0.858. The van der Waals surface area contributed by atoms with Gasteiger partial charge < -0.3 is 15.9 Å². The number of carbonyl (C=O) groups is 1. The van der Waals surface area contributed by atoms with Gasteiger partial charge in [-0.25, -0.2) is 0 Å². The Hall–Kier alpha value is -0.650. The van der Waals surface area contributed by atoms with Gasteiger partial charge in [0.05, 0.1) is 0 Å². The summed E-state index contributed by atoms with van der Waals surface area (Å²) in [6.07, 6.45) is 14.9. The molecule has 0 amide bonds. The van der Waals surface area contributed by atoms with Crippen molar-refractivity contribution in [2.75, 3.05) is 27.2 Å². The summed E-state index contributed by atoms with van der Waals surface area (Å²) in [5.41, 5.74) is 4.57. The smallest absolute Gasteiger partial charge is 0.323 e. The number of carboxylic acid groups (broad SMARTS) is 1. The molecule has 0 aliphatic heterocycles. The predicted molar refractivity (Wildman–Crippen MR) is 107 cm³/mol. The van der Waals surface area contributed by atoms with Crippen molar-refractivity contribution in [3.05, 3.63) is 0 Å². The monoisotopic (exact) mass is 360 g/mol. The fourth-order valence-corrected chi connectivity index (χ4v) is 2.58. The van der Waals surface area contributed by atoms with E-state index in [0.717, 1.165) is 6.54 Å². The number of aliphatic carboxylic acids is 1. The fourth-order valence-electron chi connectivity index (χ4n) is 2.58. The van der Waals surface area contributed by atoms with Crippen molar-refractivity contribution in [3.63, 3.8) is 0 Å². The van der Waals surface area contributed by atoms with Crippen LogP contribution in [0.5, 0.6) is 0 Å². The van der Waals surface area contributed by atoms with E-state index in [1.807, 2.05) is 0 Å². The van der Waals surface area contributed by atoms with Gasteiger partial charge in [-0.2, -0.15) is 0 Å². The lowest BCUT2D eigenvalue weighted by atomic mass is 9.95. The van der Waals surface area contributed by atoms with Crippen LogP contribution in [-0.4, -0.2) is 53.9 Å². The molecule has 0 aliphatic rings. The van der Waals surface area contributed by atoms with Crippen LogP contribution in [0.3, 0.4) is 0 Å². The zero-order chi connectivity index (χ0) is 19.6. The highest BCUT2D eigenvalue weighted by atomic mass is 16.4. The molecule has 1 unspecified atom stereocenters. The molecule has 0 radical (unpaired) electrons. The van der Waals surface area contributed by atoms with Gasteiger partial charge in [-0.3, -0.25) is 9.69 Å². The highest BCUT2D eigenvalue weighted by Gasteiger charge is 2.34. The molecule has 0 spiro atoms. The number of aliphatic hydroxyl groups excluding tert-OH is 1. The van der Waals surface area contributed by atoms with Crippen LogP contribution in [0.25, 0.3) is 0 Å². The van der Waals surface area contributed by atoms with Crippen LogP contribution in [0.4, 0.5) is 0 Å². The maximum Gasteiger partial charge on any atom is 0.323 e. The zero-order valence-corrected chi connectivity index (χ0v) is 17.2. The van der Waals surface area contributed by atoms with E-state index >= 15 is 0 Å². The largest absolute Gasteiger partial charge is 0.480 e. The van der Waals surface area contributed by atoms with Crippen LogP contribution < -0.4 is 5.73 Å². The number of rotatable bonds is 15. The maximum absolute atomic E-state index is 10.8. The van der Waals surface area contributed by atoms with Crippen molar-refractivity contribution in [1.29, 1.82) is 0 Å². The number of nitrogens with two attached hydrogens (primary N) is 1. The van der Waals surface area contributed by atoms with E-state index < -0.39 is 11.5 Å². The second-order valence-corrected chi connectivity index (χ2v) is 7.27. The molecule has 0 aromatic heterocycles. The van der Waals surface area contributed by atoms with E-state index in [1.54, 1.807) is 25.9 Å². The average Bonchev–Trinajstić information content (AvgIpc) is 2.58. The predicted octanol–water partition coefficient (Wildman–Crippen LogP) is 4.03. The number of hydrogen-bond acceptors (Lipinski definition) is 4. The van der Waals surface area contributed by atoms with Crippen LogP contribution in [-0.2, 0) is 4.79 Å². The van der Waals surface area contributed by atoms with Crippen molar-refractivity contribution >= 4 is 5.97 Å². The molecule has 0 heterocycles. The lowest BCUT2D eigenvalue weighted by Gasteiger charge is -2.31. The Bertz CT molecular complexity index is 289. The first-order valence-electron chi connectivity index (χ1n) is 10.1. The molecule has 5 nitrogen and oxygen atoms in total. The summed E-state index contributed by atoms with van der Waals surface area (Å²) in [6.45, 7) is 4.84. The normalized spacial score (nSPS) is 13.2. The van der Waals surface area contributed by atoms with Crippen LogP contribution in [0, 0.1) is 0 Å². The second-order valence-electron chi connectivity index (χ2n) is 7.27. The number of nitrogens with zero attached hydrogens (tertiary/aromatic N) is 1. The third-order valence-corrected chi connectivity index (χ3v) is 4.83. The summed E-state index contributed by atoms with van der Waals surface area (Å²) in [6, 6.07) is 0. The Morgan fingerprint density at radius 1 is 0.920 bits per heavy atom. The van der Waals surface area contributed by atoms with Crippen LogP contribution in [0.15, 0.2) is 0 Å². The molecule has 4 N–H and O–H groups in total. The Kier molecular flexibility index (Phi) is 19.3. The highest BCUT2D eigenvalue weighted by Crippen LogP contribution is 2.18. The minimum absolute atomic E-state index is 0.0384. The van der Waals surface area contributed by atoms with Crippen molar-refractivity contribution in [2.24, 2.45) is 5.73 Å². The van der Waals surface area contributed by atoms with Gasteiger partial charge in [-0.05, 0) is 46.8 Å². The van der Waals surface area contributed by atoms with Gasteiger partial charge in [-0.1, -0.05) is 64.7 Å².